The van der Waals surface area contributed by atoms with E-state index in [2.05, 4.69) is 14.7 Å². The van der Waals surface area contributed by atoms with Crippen LogP contribution in [0.1, 0.15) is 5.69 Å². The van der Waals surface area contributed by atoms with Crippen LogP contribution in [-0.2, 0) is 15.7 Å². The molecule has 24 heavy (non-hydrogen) atoms. The molecule has 0 amide bonds. The SMILES string of the molecule is COC(=O)CN1CC2CN(c3cc(C(F)(F)F)nc(Cl)n3)CC2C1. The topological polar surface area (TPSA) is 58.6 Å². The maximum atomic E-state index is 12.9. The van der Waals surface area contributed by atoms with Gasteiger partial charge in [0.2, 0.25) is 5.28 Å². The van der Waals surface area contributed by atoms with Gasteiger partial charge in [0.1, 0.15) is 5.82 Å². The highest BCUT2D eigenvalue weighted by atomic mass is 35.5. The molecule has 2 saturated heterocycles. The third-order valence-electron chi connectivity index (χ3n) is 4.44. The minimum absolute atomic E-state index is 0.191. The number of carbonyl (C=O) groups is 1. The highest BCUT2D eigenvalue weighted by Gasteiger charge is 2.42. The van der Waals surface area contributed by atoms with Crippen LogP contribution in [-0.4, -0.2) is 60.7 Å². The fraction of sp³-hybridized carbons (Fsp3) is 0.643. The molecular weight excluding hydrogens is 349 g/mol. The highest BCUT2D eigenvalue weighted by molar-refractivity contribution is 6.28. The molecule has 132 valence electrons. The molecule has 2 aliphatic rings. The van der Waals surface area contributed by atoms with Gasteiger partial charge in [-0.3, -0.25) is 9.69 Å². The minimum atomic E-state index is -4.56. The van der Waals surface area contributed by atoms with Crippen LogP contribution in [0.25, 0.3) is 0 Å². The smallest absolute Gasteiger partial charge is 0.433 e. The number of anilines is 1. The summed E-state index contributed by atoms with van der Waals surface area (Å²) in [5.74, 6) is 0.455. The van der Waals surface area contributed by atoms with Crippen molar-refractivity contribution in [2.24, 2.45) is 11.8 Å². The summed E-state index contributed by atoms with van der Waals surface area (Å²) in [6.07, 6.45) is -4.56. The molecule has 0 saturated carbocycles. The first-order valence-electron chi connectivity index (χ1n) is 7.42. The maximum Gasteiger partial charge on any atom is 0.433 e. The maximum absolute atomic E-state index is 12.9. The predicted molar refractivity (Wildman–Crippen MR) is 79.7 cm³/mol. The quantitative estimate of drug-likeness (QED) is 0.601. The first-order chi connectivity index (χ1) is 11.3. The van der Waals surface area contributed by atoms with Gasteiger partial charge >= 0.3 is 12.1 Å². The van der Waals surface area contributed by atoms with Gasteiger partial charge < -0.3 is 9.64 Å². The summed E-state index contributed by atoms with van der Waals surface area (Å²) in [5, 5.41) is -0.413. The van der Waals surface area contributed by atoms with Crippen LogP contribution < -0.4 is 4.90 Å². The number of alkyl halides is 3. The van der Waals surface area contributed by atoms with Crippen molar-refractivity contribution in [2.75, 3.05) is 44.7 Å². The molecule has 2 fully saturated rings. The van der Waals surface area contributed by atoms with Crippen molar-refractivity contribution >= 4 is 23.4 Å². The van der Waals surface area contributed by atoms with Gasteiger partial charge in [-0.05, 0) is 23.4 Å². The van der Waals surface area contributed by atoms with Gasteiger partial charge in [-0.25, -0.2) is 9.97 Å². The molecule has 10 heteroatoms. The Labute approximate surface area is 141 Å². The molecule has 0 radical (unpaired) electrons. The standard InChI is InChI=1S/C14H16ClF3N4O2/c1-24-12(23)7-21-3-8-5-22(6-9(8)4-21)11-2-10(14(16,17)18)19-13(15)20-11/h2,8-9H,3-7H2,1H3. The van der Waals surface area contributed by atoms with Crippen molar-refractivity contribution in [3.05, 3.63) is 17.0 Å². The lowest BCUT2D eigenvalue weighted by molar-refractivity contribution is -0.142. The minimum Gasteiger partial charge on any atom is -0.468 e. The Morgan fingerprint density at radius 2 is 1.92 bits per heavy atom. The second-order valence-corrected chi connectivity index (χ2v) is 6.41. The second-order valence-electron chi connectivity index (χ2n) is 6.07. The predicted octanol–water partition coefficient (Wildman–Crippen LogP) is 1.69. The van der Waals surface area contributed by atoms with E-state index in [4.69, 9.17) is 11.6 Å². The van der Waals surface area contributed by atoms with Crippen molar-refractivity contribution in [2.45, 2.75) is 6.18 Å². The van der Waals surface area contributed by atoms with Crippen molar-refractivity contribution < 1.29 is 22.7 Å². The zero-order valence-electron chi connectivity index (χ0n) is 12.9. The number of rotatable bonds is 3. The van der Waals surface area contributed by atoms with E-state index < -0.39 is 17.2 Å². The summed E-state index contributed by atoms with van der Waals surface area (Å²) < 4.78 is 43.2. The number of esters is 1. The van der Waals surface area contributed by atoms with Gasteiger partial charge in [-0.15, -0.1) is 0 Å². The van der Waals surface area contributed by atoms with Gasteiger partial charge in [0, 0.05) is 32.2 Å². The number of hydrogen-bond acceptors (Lipinski definition) is 6. The van der Waals surface area contributed by atoms with Crippen molar-refractivity contribution in [3.8, 4) is 0 Å². The number of aromatic nitrogens is 2. The van der Waals surface area contributed by atoms with Crippen molar-refractivity contribution in [1.82, 2.24) is 14.9 Å². The fourth-order valence-electron chi connectivity index (χ4n) is 3.37. The molecule has 3 rings (SSSR count). The summed E-state index contributed by atoms with van der Waals surface area (Å²) >= 11 is 5.64. The molecule has 0 aromatic carbocycles. The van der Waals surface area contributed by atoms with E-state index in [0.29, 0.717) is 26.2 Å². The molecule has 2 atom stereocenters. The van der Waals surface area contributed by atoms with Crippen LogP contribution in [0.4, 0.5) is 19.0 Å². The largest absolute Gasteiger partial charge is 0.468 e. The number of methoxy groups -OCH3 is 1. The van der Waals surface area contributed by atoms with Crippen LogP contribution >= 0.6 is 11.6 Å². The summed E-state index contributed by atoms with van der Waals surface area (Å²) in [7, 11) is 1.35. The fourth-order valence-corrected chi connectivity index (χ4v) is 3.54. The normalized spacial score (nSPS) is 24.3. The van der Waals surface area contributed by atoms with Crippen LogP contribution in [0.15, 0.2) is 6.07 Å². The van der Waals surface area contributed by atoms with Gasteiger partial charge in [0.15, 0.2) is 5.69 Å². The molecular formula is C14H16ClF3N4O2. The van der Waals surface area contributed by atoms with Crippen molar-refractivity contribution in [3.63, 3.8) is 0 Å². The Bertz CT molecular complexity index is 629. The Morgan fingerprint density at radius 1 is 1.29 bits per heavy atom. The summed E-state index contributed by atoms with van der Waals surface area (Å²) in [4.78, 5) is 22.3. The van der Waals surface area contributed by atoms with Gasteiger partial charge in [0.25, 0.3) is 0 Å². The average molecular weight is 365 g/mol. The van der Waals surface area contributed by atoms with Gasteiger partial charge in [0.05, 0.1) is 13.7 Å². The highest BCUT2D eigenvalue weighted by Crippen LogP contribution is 2.35. The van der Waals surface area contributed by atoms with Gasteiger partial charge in [-0.2, -0.15) is 13.2 Å². The molecule has 1 aromatic heterocycles. The first kappa shape index (κ1) is 17.2. The molecule has 2 unspecified atom stereocenters. The number of likely N-dealkylation sites (tertiary alicyclic amines) is 1. The van der Waals surface area contributed by atoms with Crippen LogP contribution in [0.3, 0.4) is 0 Å². The first-order valence-corrected chi connectivity index (χ1v) is 7.80. The third kappa shape index (κ3) is 3.56. The molecule has 0 spiro atoms. The number of carbonyl (C=O) groups excluding carboxylic acids is 1. The van der Waals surface area contributed by atoms with E-state index in [1.165, 1.54) is 7.11 Å². The lowest BCUT2D eigenvalue weighted by atomic mass is 10.0. The number of fused-ring (bicyclic) bond motifs is 1. The van der Waals surface area contributed by atoms with E-state index in [0.717, 1.165) is 6.07 Å². The van der Waals surface area contributed by atoms with E-state index in [1.807, 2.05) is 4.90 Å². The number of ether oxygens (including phenoxy) is 1. The summed E-state index contributed by atoms with van der Waals surface area (Å²) in [5.41, 5.74) is -1.04. The van der Waals surface area contributed by atoms with Crippen LogP contribution in [0.5, 0.6) is 0 Å². The molecule has 6 nitrogen and oxygen atoms in total. The number of halogens is 4. The van der Waals surface area contributed by atoms with E-state index in [9.17, 15) is 18.0 Å². The lowest BCUT2D eigenvalue weighted by Gasteiger charge is -2.22. The molecule has 3 heterocycles. The molecule has 0 bridgehead atoms. The lowest BCUT2D eigenvalue weighted by Crippen LogP contribution is -2.33. The summed E-state index contributed by atoms with van der Waals surface area (Å²) in [6.45, 7) is 2.81. The summed E-state index contributed by atoms with van der Waals surface area (Å²) in [6, 6.07) is 0.930. The monoisotopic (exact) mass is 364 g/mol. The molecule has 0 N–H and O–H groups in total. The Morgan fingerprint density at radius 3 is 2.46 bits per heavy atom. The average Bonchev–Trinajstić information content (AvgIpc) is 3.03. The van der Waals surface area contributed by atoms with Gasteiger partial charge in [-0.1, -0.05) is 0 Å². The second kappa shape index (κ2) is 6.36. The van der Waals surface area contributed by atoms with Crippen molar-refractivity contribution in [1.29, 1.82) is 0 Å². The Kier molecular flexibility index (Phi) is 4.56. The Hall–Kier alpha value is -1.61. The van der Waals surface area contributed by atoms with Crippen LogP contribution in [0, 0.1) is 11.8 Å². The number of nitrogens with zero attached hydrogens (tertiary/aromatic N) is 4. The zero-order valence-corrected chi connectivity index (χ0v) is 13.6. The van der Waals surface area contributed by atoms with E-state index in [-0.39, 0.29) is 30.2 Å². The number of hydrogen-bond donors (Lipinski definition) is 0. The van der Waals surface area contributed by atoms with Crippen LogP contribution in [0.2, 0.25) is 5.28 Å². The zero-order chi connectivity index (χ0) is 17.5. The molecule has 0 aliphatic carbocycles. The third-order valence-corrected chi connectivity index (χ3v) is 4.61. The molecule has 1 aromatic rings. The molecule has 2 aliphatic heterocycles. The van der Waals surface area contributed by atoms with E-state index in [1.54, 1.807) is 4.90 Å². The van der Waals surface area contributed by atoms with E-state index >= 15 is 0 Å². The Balaban J connectivity index is 1.68.